The van der Waals surface area contributed by atoms with Gasteiger partial charge in [-0.3, -0.25) is 9.52 Å². The number of rotatable bonds is 6. The molecule has 138 valence electrons. The highest BCUT2D eigenvalue weighted by Gasteiger charge is 2.23. The highest BCUT2D eigenvalue weighted by atomic mass is 32.2. The molecule has 0 bridgehead atoms. The zero-order valence-electron chi connectivity index (χ0n) is 14.9. The minimum Gasteiger partial charge on any atom is -0.494 e. The second-order valence-corrected chi connectivity index (χ2v) is 7.99. The van der Waals surface area contributed by atoms with Gasteiger partial charge in [0.2, 0.25) is 0 Å². The van der Waals surface area contributed by atoms with Crippen LogP contribution in [0.4, 0.5) is 5.69 Å². The molecule has 0 saturated heterocycles. The van der Waals surface area contributed by atoms with E-state index in [-0.39, 0.29) is 16.7 Å². The SMILES string of the molecule is CCOc1ccc(S(=O)(=O)Nc2cnc3c(c2)CNC3=O)cc1C(C)C. The van der Waals surface area contributed by atoms with Gasteiger partial charge in [0.1, 0.15) is 11.4 Å². The van der Waals surface area contributed by atoms with Gasteiger partial charge in [-0.15, -0.1) is 0 Å². The van der Waals surface area contributed by atoms with Crippen LogP contribution in [-0.4, -0.2) is 25.9 Å². The Morgan fingerprint density at radius 3 is 2.77 bits per heavy atom. The Balaban J connectivity index is 1.91. The highest BCUT2D eigenvalue weighted by molar-refractivity contribution is 7.92. The van der Waals surface area contributed by atoms with Crippen molar-refractivity contribution in [3.05, 3.63) is 47.3 Å². The second kappa shape index (κ2) is 6.95. The molecule has 3 rings (SSSR count). The van der Waals surface area contributed by atoms with Crippen LogP contribution in [-0.2, 0) is 16.6 Å². The molecule has 0 radical (unpaired) electrons. The van der Waals surface area contributed by atoms with Gasteiger partial charge in [0.25, 0.3) is 15.9 Å². The van der Waals surface area contributed by atoms with Crippen molar-refractivity contribution in [1.29, 1.82) is 0 Å². The molecule has 7 nitrogen and oxygen atoms in total. The van der Waals surface area contributed by atoms with Crippen molar-refractivity contribution in [2.75, 3.05) is 11.3 Å². The van der Waals surface area contributed by atoms with Crippen LogP contribution >= 0.6 is 0 Å². The van der Waals surface area contributed by atoms with Crippen LogP contribution in [0.25, 0.3) is 0 Å². The second-order valence-electron chi connectivity index (χ2n) is 6.31. The molecular weight excluding hydrogens is 354 g/mol. The normalized spacial score (nSPS) is 13.5. The lowest BCUT2D eigenvalue weighted by molar-refractivity contribution is 0.0961. The van der Waals surface area contributed by atoms with E-state index in [0.29, 0.717) is 35.8 Å². The van der Waals surface area contributed by atoms with E-state index in [1.165, 1.54) is 12.3 Å². The quantitative estimate of drug-likeness (QED) is 0.809. The molecule has 26 heavy (non-hydrogen) atoms. The van der Waals surface area contributed by atoms with E-state index in [1.807, 2.05) is 20.8 Å². The lowest BCUT2D eigenvalue weighted by Crippen LogP contribution is -2.14. The predicted octanol–water partition coefficient (Wildman–Crippen LogP) is 2.65. The number of carbonyl (C=O) groups excluding carboxylic acids is 1. The molecule has 0 saturated carbocycles. The molecule has 1 aromatic carbocycles. The number of amides is 1. The lowest BCUT2D eigenvalue weighted by atomic mass is 10.0. The van der Waals surface area contributed by atoms with Crippen molar-refractivity contribution in [3.63, 3.8) is 0 Å². The summed E-state index contributed by atoms with van der Waals surface area (Å²) >= 11 is 0. The molecule has 1 aromatic heterocycles. The van der Waals surface area contributed by atoms with Gasteiger partial charge in [-0.2, -0.15) is 0 Å². The van der Waals surface area contributed by atoms with Gasteiger partial charge in [-0.05, 0) is 42.7 Å². The van der Waals surface area contributed by atoms with Crippen LogP contribution in [0, 0.1) is 0 Å². The Kier molecular flexibility index (Phi) is 4.86. The zero-order valence-corrected chi connectivity index (χ0v) is 15.7. The maximum absolute atomic E-state index is 12.7. The average molecular weight is 375 g/mol. The van der Waals surface area contributed by atoms with Crippen molar-refractivity contribution in [1.82, 2.24) is 10.3 Å². The first kappa shape index (κ1) is 18.2. The first-order valence-electron chi connectivity index (χ1n) is 8.38. The van der Waals surface area contributed by atoms with Crippen molar-refractivity contribution in [2.24, 2.45) is 0 Å². The summed E-state index contributed by atoms with van der Waals surface area (Å²) in [5, 5.41) is 2.65. The topological polar surface area (TPSA) is 97.4 Å². The van der Waals surface area contributed by atoms with E-state index < -0.39 is 10.0 Å². The summed E-state index contributed by atoms with van der Waals surface area (Å²) in [6.07, 6.45) is 1.35. The van der Waals surface area contributed by atoms with Gasteiger partial charge in [0.05, 0.1) is 23.4 Å². The Labute approximate surface area is 152 Å². The summed E-state index contributed by atoms with van der Waals surface area (Å²) in [6.45, 7) is 6.71. The Hall–Kier alpha value is -2.61. The fourth-order valence-electron chi connectivity index (χ4n) is 2.81. The van der Waals surface area contributed by atoms with E-state index in [1.54, 1.807) is 18.2 Å². The predicted molar refractivity (Wildman–Crippen MR) is 97.9 cm³/mol. The fraction of sp³-hybridized carbons (Fsp3) is 0.333. The molecule has 0 atom stereocenters. The Bertz CT molecular complexity index is 955. The third-order valence-electron chi connectivity index (χ3n) is 4.09. The van der Waals surface area contributed by atoms with E-state index in [0.717, 1.165) is 5.56 Å². The first-order valence-corrected chi connectivity index (χ1v) is 9.87. The number of pyridine rings is 1. The molecular formula is C18H21N3O4S. The summed E-state index contributed by atoms with van der Waals surface area (Å²) in [5.74, 6) is 0.554. The summed E-state index contributed by atoms with van der Waals surface area (Å²) in [5.41, 5.74) is 2.15. The minimum absolute atomic E-state index is 0.116. The van der Waals surface area contributed by atoms with Crippen LogP contribution in [0.1, 0.15) is 48.3 Å². The number of hydrogen-bond donors (Lipinski definition) is 2. The molecule has 0 aliphatic carbocycles. The van der Waals surface area contributed by atoms with Crippen LogP contribution < -0.4 is 14.8 Å². The minimum atomic E-state index is -3.78. The summed E-state index contributed by atoms with van der Waals surface area (Å²) < 4.78 is 33.6. The van der Waals surface area contributed by atoms with E-state index >= 15 is 0 Å². The molecule has 1 amide bonds. The Morgan fingerprint density at radius 1 is 1.31 bits per heavy atom. The van der Waals surface area contributed by atoms with Gasteiger partial charge in [0, 0.05) is 12.1 Å². The number of fused-ring (bicyclic) bond motifs is 1. The highest BCUT2D eigenvalue weighted by Crippen LogP contribution is 2.30. The zero-order chi connectivity index (χ0) is 18.9. The molecule has 2 aromatic rings. The monoisotopic (exact) mass is 375 g/mol. The molecule has 8 heteroatoms. The van der Waals surface area contributed by atoms with Crippen molar-refractivity contribution < 1.29 is 17.9 Å². The smallest absolute Gasteiger partial charge is 0.270 e. The number of sulfonamides is 1. The fourth-order valence-corrected chi connectivity index (χ4v) is 3.88. The molecule has 0 unspecified atom stereocenters. The van der Waals surface area contributed by atoms with Crippen LogP contribution in [0.2, 0.25) is 0 Å². The number of nitrogens with one attached hydrogen (secondary N) is 2. The van der Waals surface area contributed by atoms with Gasteiger partial charge in [0.15, 0.2) is 0 Å². The summed E-state index contributed by atoms with van der Waals surface area (Å²) in [6, 6.07) is 6.45. The van der Waals surface area contributed by atoms with Crippen molar-refractivity contribution >= 4 is 21.6 Å². The first-order chi connectivity index (χ1) is 12.3. The van der Waals surface area contributed by atoms with Gasteiger partial charge >= 0.3 is 0 Å². The number of ether oxygens (including phenoxy) is 1. The van der Waals surface area contributed by atoms with Crippen molar-refractivity contribution in [2.45, 2.75) is 38.1 Å². The van der Waals surface area contributed by atoms with E-state index in [2.05, 4.69) is 15.0 Å². The van der Waals surface area contributed by atoms with Gasteiger partial charge < -0.3 is 10.1 Å². The molecule has 1 aliphatic heterocycles. The maximum atomic E-state index is 12.7. The molecule has 0 spiro atoms. The van der Waals surface area contributed by atoms with Crippen LogP contribution in [0.15, 0.2) is 35.4 Å². The Morgan fingerprint density at radius 2 is 2.08 bits per heavy atom. The van der Waals surface area contributed by atoms with Gasteiger partial charge in [-0.1, -0.05) is 13.8 Å². The van der Waals surface area contributed by atoms with E-state index in [9.17, 15) is 13.2 Å². The molecule has 1 aliphatic rings. The third-order valence-corrected chi connectivity index (χ3v) is 5.47. The number of benzene rings is 1. The summed E-state index contributed by atoms with van der Waals surface area (Å²) in [4.78, 5) is 15.7. The van der Waals surface area contributed by atoms with E-state index in [4.69, 9.17) is 4.74 Å². The average Bonchev–Trinajstić information content (AvgIpc) is 2.95. The number of nitrogens with zero attached hydrogens (tertiary/aromatic N) is 1. The number of anilines is 1. The number of hydrogen-bond acceptors (Lipinski definition) is 5. The van der Waals surface area contributed by atoms with Crippen LogP contribution in [0.3, 0.4) is 0 Å². The molecule has 2 heterocycles. The lowest BCUT2D eigenvalue weighted by Gasteiger charge is -2.15. The number of aromatic nitrogens is 1. The molecule has 0 fully saturated rings. The van der Waals surface area contributed by atoms with Crippen molar-refractivity contribution in [3.8, 4) is 5.75 Å². The number of carbonyl (C=O) groups is 1. The maximum Gasteiger partial charge on any atom is 0.270 e. The molecule has 2 N–H and O–H groups in total. The standard InChI is InChI=1S/C18H21N3O4S/c1-4-25-16-6-5-14(8-15(16)11(2)3)26(23,24)21-13-7-12-9-20-18(22)17(12)19-10-13/h5-8,10-11,21H,4,9H2,1-3H3,(H,20,22). The third kappa shape index (κ3) is 3.50. The largest absolute Gasteiger partial charge is 0.494 e. The van der Waals surface area contributed by atoms with Crippen LogP contribution in [0.5, 0.6) is 5.75 Å². The summed E-state index contributed by atoms with van der Waals surface area (Å²) in [7, 11) is -3.78. The van der Waals surface area contributed by atoms with Gasteiger partial charge in [-0.25, -0.2) is 13.4 Å².